The lowest BCUT2D eigenvalue weighted by atomic mass is 9.90. The van der Waals surface area contributed by atoms with Gasteiger partial charge >= 0.3 is 6.09 Å². The van der Waals surface area contributed by atoms with E-state index in [2.05, 4.69) is 17.4 Å². The predicted molar refractivity (Wildman–Crippen MR) is 83.6 cm³/mol. The molecule has 1 fully saturated rings. The highest BCUT2D eigenvalue weighted by molar-refractivity contribution is 5.67. The Bertz CT molecular complexity index is 451. The van der Waals surface area contributed by atoms with Crippen LogP contribution in [0, 0.1) is 0 Å². The van der Waals surface area contributed by atoms with E-state index in [0.29, 0.717) is 13.2 Å². The number of hydrogen-bond donors (Lipinski definition) is 1. The maximum atomic E-state index is 11.6. The Morgan fingerprint density at radius 2 is 2.05 bits per heavy atom. The molecule has 0 unspecified atom stereocenters. The van der Waals surface area contributed by atoms with Crippen LogP contribution < -0.4 is 5.32 Å². The summed E-state index contributed by atoms with van der Waals surface area (Å²) in [7, 11) is 1.68. The number of ether oxygens (including phenoxy) is 3. The van der Waals surface area contributed by atoms with Crippen LogP contribution in [0.25, 0.3) is 0 Å². The average molecular weight is 307 g/mol. The number of nitrogens with one attached hydrogen (secondary N) is 1. The molecule has 1 amide bonds. The quantitative estimate of drug-likeness (QED) is 0.878. The summed E-state index contributed by atoms with van der Waals surface area (Å²) in [5.74, 6) is 0. The minimum Gasteiger partial charge on any atom is -0.450 e. The Morgan fingerprint density at radius 1 is 1.27 bits per heavy atom. The number of amides is 1. The van der Waals surface area contributed by atoms with E-state index in [9.17, 15) is 4.79 Å². The summed E-state index contributed by atoms with van der Waals surface area (Å²) < 4.78 is 16.4. The van der Waals surface area contributed by atoms with Crippen molar-refractivity contribution in [3.63, 3.8) is 0 Å². The van der Waals surface area contributed by atoms with Gasteiger partial charge in [0.15, 0.2) is 0 Å². The molecule has 22 heavy (non-hydrogen) atoms. The first-order valence-electron chi connectivity index (χ1n) is 7.84. The third-order valence-corrected chi connectivity index (χ3v) is 3.95. The molecule has 122 valence electrons. The van der Waals surface area contributed by atoms with E-state index in [1.54, 1.807) is 14.0 Å². The zero-order valence-corrected chi connectivity index (χ0v) is 13.3. The number of methoxy groups -OCH3 is 1. The largest absolute Gasteiger partial charge is 0.450 e. The first-order chi connectivity index (χ1) is 10.7. The number of hydrogen-bond acceptors (Lipinski definition) is 4. The van der Waals surface area contributed by atoms with E-state index in [1.807, 2.05) is 18.2 Å². The van der Waals surface area contributed by atoms with Crippen LogP contribution in [0.2, 0.25) is 0 Å². The topological polar surface area (TPSA) is 56.8 Å². The highest BCUT2D eigenvalue weighted by Gasteiger charge is 2.32. The minimum absolute atomic E-state index is 0.0148. The van der Waals surface area contributed by atoms with Gasteiger partial charge in [0.05, 0.1) is 31.5 Å². The standard InChI is InChI=1S/C17H25NO4/c1-3-21-17(19)18-15-11-14(9-10-16(15)20-2)22-12-13-7-5-4-6-8-13/h4-8,14-16H,3,9-12H2,1-2H3,(H,18,19)/t14-,15-,16-/m0/s1. The smallest absolute Gasteiger partial charge is 0.407 e. The molecule has 0 saturated heterocycles. The Hall–Kier alpha value is -1.59. The van der Waals surface area contributed by atoms with Crippen molar-refractivity contribution in [3.8, 4) is 0 Å². The first-order valence-corrected chi connectivity index (χ1v) is 7.84. The van der Waals surface area contributed by atoms with Crippen molar-refractivity contribution in [2.75, 3.05) is 13.7 Å². The second-order valence-corrected chi connectivity index (χ2v) is 5.48. The minimum atomic E-state index is -0.391. The van der Waals surface area contributed by atoms with Crippen LogP contribution in [-0.2, 0) is 20.8 Å². The van der Waals surface area contributed by atoms with Gasteiger partial charge in [-0.3, -0.25) is 0 Å². The molecule has 5 heteroatoms. The highest BCUT2D eigenvalue weighted by Crippen LogP contribution is 2.24. The zero-order chi connectivity index (χ0) is 15.8. The van der Waals surface area contributed by atoms with Crippen LogP contribution in [0.15, 0.2) is 30.3 Å². The maximum Gasteiger partial charge on any atom is 0.407 e. The summed E-state index contributed by atoms with van der Waals surface area (Å²) in [6.07, 6.45) is 2.29. The molecule has 1 aromatic rings. The molecule has 3 atom stereocenters. The molecule has 2 rings (SSSR count). The zero-order valence-electron chi connectivity index (χ0n) is 13.3. The van der Waals surface area contributed by atoms with E-state index >= 15 is 0 Å². The summed E-state index contributed by atoms with van der Waals surface area (Å²) in [6.45, 7) is 2.75. The van der Waals surface area contributed by atoms with Crippen LogP contribution in [0.1, 0.15) is 31.7 Å². The molecular formula is C17H25NO4. The predicted octanol–water partition coefficient (Wildman–Crippen LogP) is 2.89. The third kappa shape index (κ3) is 5.00. The van der Waals surface area contributed by atoms with Gasteiger partial charge in [0.1, 0.15) is 0 Å². The van der Waals surface area contributed by atoms with E-state index in [4.69, 9.17) is 14.2 Å². The van der Waals surface area contributed by atoms with Gasteiger partial charge in [0, 0.05) is 7.11 Å². The lowest BCUT2D eigenvalue weighted by molar-refractivity contribution is -0.0402. The number of carbonyl (C=O) groups excluding carboxylic acids is 1. The van der Waals surface area contributed by atoms with Crippen molar-refractivity contribution in [2.45, 2.75) is 51.0 Å². The second-order valence-electron chi connectivity index (χ2n) is 5.48. The summed E-state index contributed by atoms with van der Waals surface area (Å²) in [5, 5.41) is 2.88. The van der Waals surface area contributed by atoms with Gasteiger partial charge < -0.3 is 19.5 Å². The van der Waals surface area contributed by atoms with Gasteiger partial charge in [-0.25, -0.2) is 4.79 Å². The molecule has 1 aliphatic rings. The lowest BCUT2D eigenvalue weighted by Gasteiger charge is -2.35. The Labute approximate surface area is 131 Å². The summed E-state index contributed by atoms with van der Waals surface area (Å²) in [5.41, 5.74) is 1.16. The van der Waals surface area contributed by atoms with Crippen molar-refractivity contribution in [1.82, 2.24) is 5.32 Å². The van der Waals surface area contributed by atoms with Crippen molar-refractivity contribution in [3.05, 3.63) is 35.9 Å². The van der Waals surface area contributed by atoms with Crippen LogP contribution in [0.3, 0.4) is 0 Å². The molecule has 5 nitrogen and oxygen atoms in total. The van der Waals surface area contributed by atoms with Gasteiger partial charge in [-0.2, -0.15) is 0 Å². The molecule has 0 heterocycles. The average Bonchev–Trinajstić information content (AvgIpc) is 2.54. The second kappa shape index (κ2) is 8.76. The van der Waals surface area contributed by atoms with Gasteiger partial charge in [-0.1, -0.05) is 30.3 Å². The first kappa shape index (κ1) is 16.8. The van der Waals surface area contributed by atoms with Crippen LogP contribution in [0.5, 0.6) is 0 Å². The molecule has 0 radical (unpaired) electrons. The summed E-state index contributed by atoms with van der Waals surface area (Å²) in [6, 6.07) is 10.0. The number of carbonyl (C=O) groups is 1. The molecule has 1 aliphatic carbocycles. The van der Waals surface area contributed by atoms with Gasteiger partial charge in [0.2, 0.25) is 0 Å². The fourth-order valence-corrected chi connectivity index (χ4v) is 2.80. The van der Waals surface area contributed by atoms with Crippen molar-refractivity contribution in [2.24, 2.45) is 0 Å². The van der Waals surface area contributed by atoms with E-state index < -0.39 is 6.09 Å². The highest BCUT2D eigenvalue weighted by atomic mass is 16.5. The summed E-state index contributed by atoms with van der Waals surface area (Å²) in [4.78, 5) is 11.6. The monoisotopic (exact) mass is 307 g/mol. The van der Waals surface area contributed by atoms with Crippen molar-refractivity contribution < 1.29 is 19.0 Å². The van der Waals surface area contributed by atoms with E-state index in [0.717, 1.165) is 24.8 Å². The Morgan fingerprint density at radius 3 is 2.73 bits per heavy atom. The molecule has 0 aliphatic heterocycles. The normalized spacial score (nSPS) is 24.7. The number of rotatable bonds is 6. The molecule has 1 aromatic carbocycles. The molecular weight excluding hydrogens is 282 g/mol. The Balaban J connectivity index is 1.85. The summed E-state index contributed by atoms with van der Waals surface area (Å²) >= 11 is 0. The fraction of sp³-hybridized carbons (Fsp3) is 0.588. The van der Waals surface area contributed by atoms with Crippen LogP contribution in [-0.4, -0.2) is 38.1 Å². The molecule has 0 aromatic heterocycles. The maximum absolute atomic E-state index is 11.6. The van der Waals surface area contributed by atoms with Gasteiger partial charge in [-0.15, -0.1) is 0 Å². The molecule has 0 bridgehead atoms. The SMILES string of the molecule is CCOC(=O)N[C@H]1C[C@@H](OCc2ccccc2)CC[C@@H]1OC. The van der Waals surface area contributed by atoms with Gasteiger partial charge in [-0.05, 0) is 31.7 Å². The molecule has 0 spiro atoms. The molecule has 1 N–H and O–H groups in total. The Kier molecular flexibility index (Phi) is 6.68. The van der Waals surface area contributed by atoms with Crippen LogP contribution >= 0.6 is 0 Å². The van der Waals surface area contributed by atoms with E-state index in [-0.39, 0.29) is 18.2 Å². The molecule has 1 saturated carbocycles. The third-order valence-electron chi connectivity index (χ3n) is 3.95. The number of alkyl carbamates (subject to hydrolysis) is 1. The van der Waals surface area contributed by atoms with E-state index in [1.165, 1.54) is 0 Å². The number of benzene rings is 1. The van der Waals surface area contributed by atoms with Crippen LogP contribution in [0.4, 0.5) is 4.79 Å². The van der Waals surface area contributed by atoms with Crippen molar-refractivity contribution >= 4 is 6.09 Å². The van der Waals surface area contributed by atoms with Crippen molar-refractivity contribution in [1.29, 1.82) is 0 Å². The lowest BCUT2D eigenvalue weighted by Crippen LogP contribution is -2.49. The fourth-order valence-electron chi connectivity index (χ4n) is 2.80. The van der Waals surface area contributed by atoms with Gasteiger partial charge in [0.25, 0.3) is 0 Å².